The minimum atomic E-state index is -0.722. The standard InChI is InChI=1S/C25H28N4O3/c1-18-23(25(30)27-21(17-26)19-7-4-3-5-8-19)20-9-6-10-22(31-2)24(20)29(18)12-11-28-13-15-32-16-14-28/h3-10,21H,11-16H2,1-2H3,(H,27,30)/t21-/m1/s1. The van der Waals surface area contributed by atoms with Crippen LogP contribution in [0.25, 0.3) is 10.9 Å². The van der Waals surface area contributed by atoms with E-state index in [2.05, 4.69) is 20.9 Å². The lowest BCUT2D eigenvalue weighted by molar-refractivity contribution is 0.0365. The average molecular weight is 433 g/mol. The summed E-state index contributed by atoms with van der Waals surface area (Å²) in [5.41, 5.74) is 3.10. The summed E-state index contributed by atoms with van der Waals surface area (Å²) in [7, 11) is 1.64. The predicted molar refractivity (Wildman–Crippen MR) is 123 cm³/mol. The summed E-state index contributed by atoms with van der Waals surface area (Å²) in [6.45, 7) is 6.86. The van der Waals surface area contributed by atoms with E-state index < -0.39 is 6.04 Å². The number of morpholine rings is 1. The van der Waals surface area contributed by atoms with E-state index in [0.717, 1.165) is 67.3 Å². The summed E-state index contributed by atoms with van der Waals surface area (Å²) < 4.78 is 13.3. The Bertz CT molecular complexity index is 1130. The van der Waals surface area contributed by atoms with Gasteiger partial charge in [0.1, 0.15) is 11.8 Å². The molecule has 4 rings (SSSR count). The number of para-hydroxylation sites is 1. The van der Waals surface area contributed by atoms with E-state index in [1.165, 1.54) is 0 Å². The van der Waals surface area contributed by atoms with Crippen molar-refractivity contribution >= 4 is 16.8 Å². The zero-order valence-electron chi connectivity index (χ0n) is 18.5. The van der Waals surface area contributed by atoms with E-state index >= 15 is 0 Å². The van der Waals surface area contributed by atoms with E-state index in [0.29, 0.717) is 5.56 Å². The molecule has 0 aliphatic carbocycles. The molecule has 1 fully saturated rings. The van der Waals surface area contributed by atoms with Crippen molar-refractivity contribution in [3.8, 4) is 11.8 Å². The highest BCUT2D eigenvalue weighted by Gasteiger charge is 2.25. The highest BCUT2D eigenvalue weighted by Crippen LogP contribution is 2.33. The lowest BCUT2D eigenvalue weighted by atomic mass is 10.1. The van der Waals surface area contributed by atoms with Gasteiger partial charge in [-0.2, -0.15) is 5.26 Å². The van der Waals surface area contributed by atoms with E-state index in [9.17, 15) is 10.1 Å². The molecular weight excluding hydrogens is 404 g/mol. The van der Waals surface area contributed by atoms with Crippen LogP contribution in [0.2, 0.25) is 0 Å². The number of amides is 1. The Balaban J connectivity index is 1.68. The molecule has 1 N–H and O–H groups in total. The first-order chi connectivity index (χ1) is 15.6. The van der Waals surface area contributed by atoms with Crippen molar-refractivity contribution in [3.63, 3.8) is 0 Å². The lowest BCUT2D eigenvalue weighted by Gasteiger charge is -2.27. The number of benzene rings is 2. The maximum absolute atomic E-state index is 13.4. The molecule has 2 heterocycles. The van der Waals surface area contributed by atoms with Crippen LogP contribution in [0.5, 0.6) is 5.75 Å². The summed E-state index contributed by atoms with van der Waals surface area (Å²) in [4.78, 5) is 15.8. The Kier molecular flexibility index (Phi) is 6.74. The first-order valence-electron chi connectivity index (χ1n) is 10.9. The number of carbonyl (C=O) groups is 1. The van der Waals surface area contributed by atoms with Crippen LogP contribution in [-0.4, -0.2) is 55.3 Å². The maximum atomic E-state index is 13.4. The van der Waals surface area contributed by atoms with Crippen LogP contribution in [0.4, 0.5) is 0 Å². The Labute approximate surface area is 188 Å². The lowest BCUT2D eigenvalue weighted by Crippen LogP contribution is -2.38. The maximum Gasteiger partial charge on any atom is 0.255 e. The molecule has 7 nitrogen and oxygen atoms in total. The number of fused-ring (bicyclic) bond motifs is 1. The van der Waals surface area contributed by atoms with Gasteiger partial charge in [0.25, 0.3) is 5.91 Å². The molecule has 0 bridgehead atoms. The molecule has 1 atom stereocenters. The summed E-state index contributed by atoms with van der Waals surface area (Å²) in [5.74, 6) is 0.466. The second-order valence-electron chi connectivity index (χ2n) is 7.87. The molecule has 1 amide bonds. The molecule has 166 valence electrons. The van der Waals surface area contributed by atoms with Crippen LogP contribution >= 0.6 is 0 Å². The molecule has 0 radical (unpaired) electrons. The zero-order valence-corrected chi connectivity index (χ0v) is 18.5. The fraction of sp³-hybridized carbons (Fsp3) is 0.360. The normalized spacial score (nSPS) is 15.3. The number of methoxy groups -OCH3 is 1. The Morgan fingerprint density at radius 2 is 1.91 bits per heavy atom. The molecule has 1 aromatic heterocycles. The number of ether oxygens (including phenoxy) is 2. The van der Waals surface area contributed by atoms with E-state index in [1.807, 2.05) is 55.5 Å². The van der Waals surface area contributed by atoms with Gasteiger partial charge in [-0.15, -0.1) is 0 Å². The van der Waals surface area contributed by atoms with Crippen LogP contribution in [0.3, 0.4) is 0 Å². The predicted octanol–water partition coefficient (Wildman–Crippen LogP) is 3.29. The summed E-state index contributed by atoms with van der Waals surface area (Å²) in [6.07, 6.45) is 0. The first kappa shape index (κ1) is 21.9. The third-order valence-electron chi connectivity index (χ3n) is 6.03. The molecule has 7 heteroatoms. The van der Waals surface area contributed by atoms with Gasteiger partial charge in [-0.05, 0) is 18.6 Å². The van der Waals surface area contributed by atoms with Gasteiger partial charge < -0.3 is 19.4 Å². The van der Waals surface area contributed by atoms with E-state index in [-0.39, 0.29) is 5.91 Å². The van der Waals surface area contributed by atoms with Crippen LogP contribution in [0.1, 0.15) is 27.7 Å². The Morgan fingerprint density at radius 1 is 1.16 bits per heavy atom. The summed E-state index contributed by atoms with van der Waals surface area (Å²) in [6, 6.07) is 16.5. The Morgan fingerprint density at radius 3 is 2.59 bits per heavy atom. The highest BCUT2D eigenvalue weighted by atomic mass is 16.5. The molecule has 1 aliphatic rings. The number of nitriles is 1. The van der Waals surface area contributed by atoms with Crippen molar-refractivity contribution in [1.29, 1.82) is 5.26 Å². The zero-order chi connectivity index (χ0) is 22.5. The van der Waals surface area contributed by atoms with Crippen LogP contribution in [0.15, 0.2) is 48.5 Å². The number of hydrogen-bond acceptors (Lipinski definition) is 5. The van der Waals surface area contributed by atoms with E-state index in [4.69, 9.17) is 9.47 Å². The number of nitrogens with zero attached hydrogens (tertiary/aromatic N) is 3. The second kappa shape index (κ2) is 9.86. The molecule has 2 aromatic carbocycles. The molecule has 1 saturated heterocycles. The van der Waals surface area contributed by atoms with Gasteiger partial charge in [-0.25, -0.2) is 0 Å². The number of aromatic nitrogens is 1. The quantitative estimate of drug-likeness (QED) is 0.620. The summed E-state index contributed by atoms with van der Waals surface area (Å²) >= 11 is 0. The van der Waals surface area contributed by atoms with Gasteiger partial charge in [0.05, 0.1) is 37.5 Å². The molecule has 0 saturated carbocycles. The highest BCUT2D eigenvalue weighted by molar-refractivity contribution is 6.10. The van der Waals surface area contributed by atoms with Crippen molar-refractivity contribution in [1.82, 2.24) is 14.8 Å². The van der Waals surface area contributed by atoms with Gasteiger partial charge in [0, 0.05) is 37.3 Å². The number of rotatable bonds is 7. The average Bonchev–Trinajstić information content (AvgIpc) is 3.13. The Hall–Kier alpha value is -3.34. The topological polar surface area (TPSA) is 79.5 Å². The fourth-order valence-corrected chi connectivity index (χ4v) is 4.34. The minimum absolute atomic E-state index is 0.263. The van der Waals surface area contributed by atoms with Gasteiger partial charge in [-0.3, -0.25) is 9.69 Å². The number of carbonyl (C=O) groups excluding carboxylic acids is 1. The molecular formula is C25H28N4O3. The van der Waals surface area contributed by atoms with Crippen molar-refractivity contribution in [2.24, 2.45) is 0 Å². The third-order valence-corrected chi connectivity index (χ3v) is 6.03. The molecule has 0 spiro atoms. The van der Waals surface area contributed by atoms with Crippen molar-refractivity contribution < 1.29 is 14.3 Å². The van der Waals surface area contributed by atoms with Crippen molar-refractivity contribution in [2.45, 2.75) is 19.5 Å². The molecule has 3 aromatic rings. The number of nitrogens with one attached hydrogen (secondary N) is 1. The third kappa shape index (κ3) is 4.33. The monoisotopic (exact) mass is 432 g/mol. The van der Waals surface area contributed by atoms with Crippen LogP contribution < -0.4 is 10.1 Å². The number of hydrogen-bond donors (Lipinski definition) is 1. The SMILES string of the molecule is COc1cccc2c(C(=O)N[C@H](C#N)c3ccccc3)c(C)n(CCN3CCOCC3)c12. The fourth-order valence-electron chi connectivity index (χ4n) is 4.34. The molecule has 1 aliphatic heterocycles. The minimum Gasteiger partial charge on any atom is -0.495 e. The van der Waals surface area contributed by atoms with Gasteiger partial charge in [0.2, 0.25) is 0 Å². The molecule has 32 heavy (non-hydrogen) atoms. The van der Waals surface area contributed by atoms with Gasteiger partial charge >= 0.3 is 0 Å². The smallest absolute Gasteiger partial charge is 0.255 e. The largest absolute Gasteiger partial charge is 0.495 e. The summed E-state index contributed by atoms with van der Waals surface area (Å²) in [5, 5.41) is 13.4. The van der Waals surface area contributed by atoms with Crippen molar-refractivity contribution in [2.75, 3.05) is 40.0 Å². The first-order valence-corrected chi connectivity index (χ1v) is 10.9. The van der Waals surface area contributed by atoms with Crippen molar-refractivity contribution in [3.05, 3.63) is 65.4 Å². The molecule has 0 unspecified atom stereocenters. The van der Waals surface area contributed by atoms with Crippen LogP contribution in [0, 0.1) is 18.3 Å². The second-order valence-corrected chi connectivity index (χ2v) is 7.87. The van der Waals surface area contributed by atoms with Gasteiger partial charge in [-0.1, -0.05) is 42.5 Å². The van der Waals surface area contributed by atoms with Gasteiger partial charge in [0.15, 0.2) is 0 Å². The van der Waals surface area contributed by atoms with E-state index in [1.54, 1.807) is 7.11 Å². The van der Waals surface area contributed by atoms with Crippen LogP contribution in [-0.2, 0) is 11.3 Å².